The highest BCUT2D eigenvalue weighted by atomic mass is 32.1. The zero-order valence-electron chi connectivity index (χ0n) is 7.03. The Morgan fingerprint density at radius 2 is 2.25 bits per heavy atom. The Morgan fingerprint density at radius 3 is 2.42 bits per heavy atom. The number of nitrogens with one attached hydrogen (secondary N) is 1. The van der Waals surface area contributed by atoms with Crippen molar-refractivity contribution in [2.45, 2.75) is 6.92 Å². The molecule has 12 heavy (non-hydrogen) atoms. The van der Waals surface area contributed by atoms with E-state index in [-0.39, 0.29) is 5.91 Å². The van der Waals surface area contributed by atoms with Gasteiger partial charge in [-0.25, -0.2) is 0 Å². The Morgan fingerprint density at radius 1 is 1.67 bits per heavy atom. The molecule has 1 aromatic rings. The van der Waals surface area contributed by atoms with Crippen molar-refractivity contribution < 1.29 is 9.59 Å². The summed E-state index contributed by atoms with van der Waals surface area (Å²) in [5, 5.41) is 4.27. The predicted molar refractivity (Wildman–Crippen MR) is 49.4 cm³/mol. The Balaban J connectivity index is 0.000000217. The number of hydrogen-bond acceptors (Lipinski definition) is 3. The molecule has 0 aromatic carbocycles. The molecule has 0 aliphatic carbocycles. The van der Waals surface area contributed by atoms with Gasteiger partial charge in [-0.3, -0.25) is 9.59 Å². The van der Waals surface area contributed by atoms with E-state index in [1.54, 1.807) is 13.1 Å². The number of aldehydes is 1. The highest BCUT2D eigenvalue weighted by Crippen LogP contribution is 2.03. The second kappa shape index (κ2) is 6.54. The molecule has 0 fully saturated rings. The summed E-state index contributed by atoms with van der Waals surface area (Å²) in [4.78, 5) is 20.4. The minimum absolute atomic E-state index is 0.00463. The maximum absolute atomic E-state index is 9.88. The van der Waals surface area contributed by atoms with E-state index in [1.165, 1.54) is 18.3 Å². The first-order valence-electron chi connectivity index (χ1n) is 3.37. The van der Waals surface area contributed by atoms with Gasteiger partial charge >= 0.3 is 0 Å². The Bertz CT molecular complexity index is 231. The first-order valence-corrected chi connectivity index (χ1v) is 4.25. The van der Waals surface area contributed by atoms with Crippen LogP contribution in [0.1, 0.15) is 16.6 Å². The van der Waals surface area contributed by atoms with Gasteiger partial charge in [0.15, 0.2) is 6.29 Å². The molecule has 0 aliphatic rings. The Labute approximate surface area is 75.4 Å². The number of rotatable bonds is 1. The van der Waals surface area contributed by atoms with Crippen molar-refractivity contribution >= 4 is 23.5 Å². The normalized spacial score (nSPS) is 7.83. The SMILES string of the molecule is CNC(C)=O.O=Cc1cccs1. The van der Waals surface area contributed by atoms with Gasteiger partial charge in [-0.2, -0.15) is 0 Å². The van der Waals surface area contributed by atoms with Crippen molar-refractivity contribution in [3.05, 3.63) is 22.4 Å². The van der Waals surface area contributed by atoms with Gasteiger partial charge in [0, 0.05) is 14.0 Å². The molecule has 0 saturated carbocycles. The zero-order valence-corrected chi connectivity index (χ0v) is 7.85. The molecule has 0 aliphatic heterocycles. The zero-order chi connectivity index (χ0) is 9.40. The first-order chi connectivity index (χ1) is 5.70. The average Bonchev–Trinajstić information content (AvgIpc) is 2.57. The number of amides is 1. The molecular weight excluding hydrogens is 174 g/mol. The van der Waals surface area contributed by atoms with Crippen LogP contribution in [0.4, 0.5) is 0 Å². The highest BCUT2D eigenvalue weighted by Gasteiger charge is 1.82. The third-order valence-electron chi connectivity index (χ3n) is 1.01. The van der Waals surface area contributed by atoms with Gasteiger partial charge in [-0.1, -0.05) is 6.07 Å². The number of carbonyl (C=O) groups is 2. The van der Waals surface area contributed by atoms with Crippen LogP contribution in [0.25, 0.3) is 0 Å². The summed E-state index contributed by atoms with van der Waals surface area (Å²) in [6.45, 7) is 1.47. The summed E-state index contributed by atoms with van der Waals surface area (Å²) >= 11 is 1.45. The van der Waals surface area contributed by atoms with Crippen molar-refractivity contribution in [1.29, 1.82) is 0 Å². The quantitative estimate of drug-likeness (QED) is 0.670. The van der Waals surface area contributed by atoms with Gasteiger partial charge < -0.3 is 5.32 Å². The maximum Gasteiger partial charge on any atom is 0.216 e. The lowest BCUT2D eigenvalue weighted by Gasteiger charge is -1.80. The molecule has 0 radical (unpaired) electrons. The van der Waals surface area contributed by atoms with Gasteiger partial charge in [0.2, 0.25) is 5.91 Å². The monoisotopic (exact) mass is 185 g/mol. The van der Waals surface area contributed by atoms with Crippen LogP contribution >= 0.6 is 11.3 Å². The molecule has 1 amide bonds. The minimum Gasteiger partial charge on any atom is -0.359 e. The molecule has 4 heteroatoms. The molecule has 66 valence electrons. The maximum atomic E-state index is 9.88. The van der Waals surface area contributed by atoms with E-state index in [0.717, 1.165) is 11.2 Å². The molecule has 1 heterocycles. The van der Waals surface area contributed by atoms with Crippen molar-refractivity contribution in [2.24, 2.45) is 0 Å². The topological polar surface area (TPSA) is 46.2 Å². The van der Waals surface area contributed by atoms with Crippen LogP contribution in [0.3, 0.4) is 0 Å². The molecule has 0 atom stereocenters. The standard InChI is InChI=1S/C5H4OS.C3H7NO/c6-4-5-2-1-3-7-5;1-3(5)4-2/h1-4H;1-2H3,(H,4,5). The van der Waals surface area contributed by atoms with Crippen LogP contribution in [-0.2, 0) is 4.79 Å². The second-order valence-electron chi connectivity index (χ2n) is 1.94. The third kappa shape index (κ3) is 5.61. The van der Waals surface area contributed by atoms with Crippen LogP contribution < -0.4 is 5.32 Å². The van der Waals surface area contributed by atoms with Gasteiger partial charge in [0.1, 0.15) is 0 Å². The number of thiophene rings is 1. The fourth-order valence-corrected chi connectivity index (χ4v) is 0.885. The fourth-order valence-electron chi connectivity index (χ4n) is 0.358. The van der Waals surface area contributed by atoms with Crippen LogP contribution in [0.15, 0.2) is 17.5 Å². The van der Waals surface area contributed by atoms with E-state index in [0.29, 0.717) is 0 Å². The van der Waals surface area contributed by atoms with E-state index in [9.17, 15) is 9.59 Å². The lowest BCUT2D eigenvalue weighted by Crippen LogP contribution is -2.11. The van der Waals surface area contributed by atoms with Crippen LogP contribution in [0.5, 0.6) is 0 Å². The lowest BCUT2D eigenvalue weighted by molar-refractivity contribution is -0.118. The molecule has 0 bridgehead atoms. The predicted octanol–water partition coefficient (Wildman–Crippen LogP) is 1.31. The molecule has 3 nitrogen and oxygen atoms in total. The van der Waals surface area contributed by atoms with Crippen LogP contribution in [0, 0.1) is 0 Å². The van der Waals surface area contributed by atoms with Gasteiger partial charge in [0.05, 0.1) is 4.88 Å². The molecular formula is C8H11NO2S. The van der Waals surface area contributed by atoms with E-state index >= 15 is 0 Å². The van der Waals surface area contributed by atoms with Crippen molar-refractivity contribution in [2.75, 3.05) is 7.05 Å². The van der Waals surface area contributed by atoms with Crippen molar-refractivity contribution in [1.82, 2.24) is 5.32 Å². The number of carbonyl (C=O) groups excluding carboxylic acids is 2. The van der Waals surface area contributed by atoms with Gasteiger partial charge in [-0.05, 0) is 11.4 Å². The fraction of sp³-hybridized carbons (Fsp3) is 0.250. The first kappa shape index (κ1) is 10.8. The Hall–Kier alpha value is -1.16. The molecule has 1 rings (SSSR count). The minimum atomic E-state index is 0.00463. The number of hydrogen-bond donors (Lipinski definition) is 1. The van der Waals surface area contributed by atoms with Gasteiger partial charge in [0.25, 0.3) is 0 Å². The van der Waals surface area contributed by atoms with Crippen molar-refractivity contribution in [3.8, 4) is 0 Å². The second-order valence-corrected chi connectivity index (χ2v) is 2.92. The van der Waals surface area contributed by atoms with Crippen molar-refractivity contribution in [3.63, 3.8) is 0 Å². The van der Waals surface area contributed by atoms with Crippen LogP contribution in [-0.4, -0.2) is 19.2 Å². The van der Waals surface area contributed by atoms with E-state index in [2.05, 4.69) is 5.32 Å². The molecule has 1 aromatic heterocycles. The summed E-state index contributed by atoms with van der Waals surface area (Å²) in [5.74, 6) is 0.00463. The summed E-state index contributed by atoms with van der Waals surface area (Å²) in [6, 6.07) is 3.64. The van der Waals surface area contributed by atoms with Gasteiger partial charge in [-0.15, -0.1) is 11.3 Å². The van der Waals surface area contributed by atoms with E-state index in [4.69, 9.17) is 0 Å². The average molecular weight is 185 g/mol. The van der Waals surface area contributed by atoms with E-state index < -0.39 is 0 Å². The summed E-state index contributed by atoms with van der Waals surface area (Å²) in [6.07, 6.45) is 0.852. The van der Waals surface area contributed by atoms with E-state index in [1.807, 2.05) is 11.4 Å². The molecule has 0 unspecified atom stereocenters. The lowest BCUT2D eigenvalue weighted by atomic mass is 10.5. The van der Waals surface area contributed by atoms with Crippen LogP contribution in [0.2, 0.25) is 0 Å². The molecule has 0 spiro atoms. The summed E-state index contributed by atoms with van der Waals surface area (Å²) in [5.41, 5.74) is 0. The molecule has 1 N–H and O–H groups in total. The highest BCUT2D eigenvalue weighted by molar-refractivity contribution is 7.11. The Kier molecular flexibility index (Phi) is 5.91. The molecule has 0 saturated heterocycles. The largest absolute Gasteiger partial charge is 0.359 e. The third-order valence-corrected chi connectivity index (χ3v) is 1.81. The summed E-state index contributed by atoms with van der Waals surface area (Å²) < 4.78 is 0. The smallest absolute Gasteiger partial charge is 0.216 e. The summed E-state index contributed by atoms with van der Waals surface area (Å²) in [7, 11) is 1.60.